The molecule has 0 atom stereocenters. The number of halogens is 5. The number of primary amides is 1. The largest absolute Gasteiger partial charge is 0.369 e. The molecule has 2 aliphatic carbocycles. The van der Waals surface area contributed by atoms with Gasteiger partial charge in [-0.25, -0.2) is 31.9 Å². The zero-order valence-corrected chi connectivity index (χ0v) is 18.4. The Balaban J connectivity index is 1.51. The lowest BCUT2D eigenvalue weighted by atomic mass is 9.85. The van der Waals surface area contributed by atoms with Crippen LogP contribution in [0.25, 0.3) is 11.2 Å². The molecule has 0 aliphatic heterocycles. The number of aromatic nitrogens is 4. The lowest BCUT2D eigenvalue weighted by Gasteiger charge is -2.35. The summed E-state index contributed by atoms with van der Waals surface area (Å²) in [6.07, 6.45) is 2.77. The topological polar surface area (TPSA) is 111 Å². The highest BCUT2D eigenvalue weighted by molar-refractivity contribution is 5.78. The van der Waals surface area contributed by atoms with Gasteiger partial charge in [-0.2, -0.15) is 4.98 Å². The molecular formula is C22H22F5N7O. The van der Waals surface area contributed by atoms with Gasteiger partial charge in [0.05, 0.1) is 6.20 Å². The molecular weight excluding hydrogens is 473 g/mol. The minimum atomic E-state index is -2.72. The number of fused-ring (bicyclic) bond motifs is 1. The van der Waals surface area contributed by atoms with Gasteiger partial charge in [-0.1, -0.05) is 0 Å². The molecule has 8 nitrogen and oxygen atoms in total. The van der Waals surface area contributed by atoms with Crippen molar-refractivity contribution in [2.45, 2.75) is 56.5 Å². The molecule has 13 heteroatoms. The molecule has 186 valence electrons. The van der Waals surface area contributed by atoms with Crippen LogP contribution in [-0.2, 0) is 4.79 Å². The minimum Gasteiger partial charge on any atom is -0.369 e. The van der Waals surface area contributed by atoms with Crippen LogP contribution in [0.1, 0.15) is 44.6 Å². The number of rotatable bonds is 6. The molecule has 2 fully saturated rings. The van der Waals surface area contributed by atoms with E-state index in [-0.39, 0.29) is 42.6 Å². The fraction of sp³-hybridized carbons (Fsp3) is 0.455. The van der Waals surface area contributed by atoms with Gasteiger partial charge in [0.25, 0.3) is 5.92 Å². The molecule has 1 amide bonds. The average Bonchev–Trinajstić information content (AvgIpc) is 3.12. The van der Waals surface area contributed by atoms with E-state index in [0.29, 0.717) is 49.0 Å². The molecule has 4 N–H and O–H groups in total. The number of benzene rings is 1. The summed E-state index contributed by atoms with van der Waals surface area (Å²) in [5.41, 5.74) is 5.47. The number of nitrogens with two attached hydrogens (primary N) is 1. The van der Waals surface area contributed by atoms with E-state index in [1.807, 2.05) is 0 Å². The van der Waals surface area contributed by atoms with Gasteiger partial charge in [0.2, 0.25) is 17.8 Å². The zero-order valence-electron chi connectivity index (χ0n) is 18.4. The van der Waals surface area contributed by atoms with Crippen LogP contribution in [0.15, 0.2) is 18.3 Å². The number of nitrogens with zero attached hydrogens (tertiary/aromatic N) is 4. The summed E-state index contributed by atoms with van der Waals surface area (Å²) in [6.45, 7) is 0. The number of amides is 1. The summed E-state index contributed by atoms with van der Waals surface area (Å²) < 4.78 is 70.2. The van der Waals surface area contributed by atoms with Crippen LogP contribution in [0.2, 0.25) is 0 Å². The van der Waals surface area contributed by atoms with Crippen LogP contribution < -0.4 is 16.4 Å². The average molecular weight is 495 g/mol. The smallest absolute Gasteiger partial charge is 0.252 e. The van der Waals surface area contributed by atoms with Gasteiger partial charge in [-0.3, -0.25) is 9.36 Å². The second kappa shape index (κ2) is 8.61. The number of hydrogen-bond acceptors (Lipinski definition) is 6. The molecule has 2 saturated carbocycles. The third-order valence-corrected chi connectivity index (χ3v) is 6.56. The molecule has 35 heavy (non-hydrogen) atoms. The number of carbonyl (C=O) groups excluding carboxylic acids is 1. The van der Waals surface area contributed by atoms with Crippen molar-refractivity contribution in [1.82, 2.24) is 19.5 Å². The molecule has 3 aromatic rings. The molecule has 2 aliphatic rings. The Morgan fingerprint density at radius 2 is 1.71 bits per heavy atom. The number of carbonyl (C=O) groups is 1. The highest BCUT2D eigenvalue weighted by Crippen LogP contribution is 2.40. The Labute approximate surface area is 196 Å². The van der Waals surface area contributed by atoms with Crippen molar-refractivity contribution in [1.29, 1.82) is 0 Å². The van der Waals surface area contributed by atoms with Gasteiger partial charge in [-0.05, 0) is 25.7 Å². The fourth-order valence-electron chi connectivity index (χ4n) is 4.73. The summed E-state index contributed by atoms with van der Waals surface area (Å²) in [4.78, 5) is 24.6. The first-order chi connectivity index (χ1) is 16.6. The molecule has 0 unspecified atom stereocenters. The highest BCUT2D eigenvalue weighted by atomic mass is 19.3. The second-order valence-corrected chi connectivity index (χ2v) is 9.09. The number of nitrogens with one attached hydrogen (secondary N) is 2. The second-order valence-electron chi connectivity index (χ2n) is 9.09. The Hall–Kier alpha value is -3.51. The van der Waals surface area contributed by atoms with Gasteiger partial charge in [0.15, 0.2) is 17.3 Å². The summed E-state index contributed by atoms with van der Waals surface area (Å²) in [5.74, 6) is -6.56. The van der Waals surface area contributed by atoms with Crippen molar-refractivity contribution in [3.63, 3.8) is 0 Å². The SMILES string of the molecule is NC(=O)C1CCC(n2c(Nc3c(F)cc(F)cc3F)nc3cnc(NC4CC(F)(F)C4)nc32)CC1. The van der Waals surface area contributed by atoms with Gasteiger partial charge >= 0.3 is 0 Å². The molecule has 2 heterocycles. The van der Waals surface area contributed by atoms with Crippen molar-refractivity contribution in [3.05, 3.63) is 35.8 Å². The maximum Gasteiger partial charge on any atom is 0.252 e. The Morgan fingerprint density at radius 3 is 2.31 bits per heavy atom. The van der Waals surface area contributed by atoms with E-state index in [2.05, 4.69) is 25.6 Å². The Kier molecular flexibility index (Phi) is 5.72. The van der Waals surface area contributed by atoms with Crippen LogP contribution in [0, 0.1) is 23.4 Å². The van der Waals surface area contributed by atoms with Crippen LogP contribution in [0.5, 0.6) is 0 Å². The summed E-state index contributed by atoms with van der Waals surface area (Å²) in [7, 11) is 0. The van der Waals surface area contributed by atoms with Gasteiger partial charge in [0.1, 0.15) is 17.0 Å². The third-order valence-electron chi connectivity index (χ3n) is 6.56. The Bertz CT molecular complexity index is 1260. The van der Waals surface area contributed by atoms with E-state index in [1.165, 1.54) is 6.20 Å². The monoisotopic (exact) mass is 495 g/mol. The summed E-state index contributed by atoms with van der Waals surface area (Å²) in [6, 6.07) is 0.365. The number of alkyl halides is 2. The molecule has 5 rings (SSSR count). The van der Waals surface area contributed by atoms with Gasteiger partial charge < -0.3 is 16.4 Å². The van der Waals surface area contributed by atoms with Crippen molar-refractivity contribution < 1.29 is 26.7 Å². The highest BCUT2D eigenvalue weighted by Gasteiger charge is 2.45. The minimum absolute atomic E-state index is 0.0496. The third kappa shape index (κ3) is 4.58. The molecule has 0 radical (unpaired) electrons. The van der Waals surface area contributed by atoms with Crippen molar-refractivity contribution >= 4 is 34.7 Å². The first kappa shape index (κ1) is 23.2. The predicted molar refractivity (Wildman–Crippen MR) is 117 cm³/mol. The number of hydrogen-bond donors (Lipinski definition) is 3. The number of imidazole rings is 1. The van der Waals surface area contributed by atoms with E-state index >= 15 is 0 Å². The Morgan fingerprint density at radius 1 is 1.06 bits per heavy atom. The fourth-order valence-corrected chi connectivity index (χ4v) is 4.73. The zero-order chi connectivity index (χ0) is 24.9. The molecule has 0 spiro atoms. The van der Waals surface area contributed by atoms with E-state index < -0.39 is 35.1 Å². The molecule has 2 aromatic heterocycles. The molecule has 0 bridgehead atoms. The predicted octanol–water partition coefficient (Wildman–Crippen LogP) is 4.41. The lowest BCUT2D eigenvalue weighted by molar-refractivity contribution is -0.122. The maximum atomic E-state index is 14.4. The lowest BCUT2D eigenvalue weighted by Crippen LogP contribution is -2.44. The molecule has 1 aromatic carbocycles. The quantitative estimate of drug-likeness (QED) is 0.437. The normalized spacial score (nSPS) is 22.1. The van der Waals surface area contributed by atoms with E-state index in [0.717, 1.165) is 0 Å². The maximum absolute atomic E-state index is 14.4. The van der Waals surface area contributed by atoms with E-state index in [1.54, 1.807) is 4.57 Å². The summed E-state index contributed by atoms with van der Waals surface area (Å²) >= 11 is 0. The van der Waals surface area contributed by atoms with Crippen molar-refractivity contribution in [2.24, 2.45) is 11.7 Å². The first-order valence-corrected chi connectivity index (χ1v) is 11.2. The van der Waals surface area contributed by atoms with Crippen molar-refractivity contribution in [3.8, 4) is 0 Å². The van der Waals surface area contributed by atoms with Crippen LogP contribution >= 0.6 is 0 Å². The van der Waals surface area contributed by atoms with Crippen LogP contribution in [0.4, 0.5) is 39.5 Å². The first-order valence-electron chi connectivity index (χ1n) is 11.2. The van der Waals surface area contributed by atoms with Crippen molar-refractivity contribution in [2.75, 3.05) is 10.6 Å². The van der Waals surface area contributed by atoms with E-state index in [9.17, 15) is 26.7 Å². The van der Waals surface area contributed by atoms with E-state index in [4.69, 9.17) is 5.73 Å². The van der Waals surface area contributed by atoms with Crippen LogP contribution in [-0.4, -0.2) is 37.4 Å². The van der Waals surface area contributed by atoms with Crippen LogP contribution in [0.3, 0.4) is 0 Å². The standard InChI is InChI=1S/C22H22F5N7O/c23-11-5-14(24)17(15(25)6-11)32-21-31-16-9-29-20(30-12-7-22(26,27)8-12)33-19(16)34(21)13-3-1-10(2-4-13)18(28)35/h5-6,9-10,12-13H,1-4,7-8H2,(H2,28,35)(H,31,32)(H,29,30,33). The number of anilines is 3. The summed E-state index contributed by atoms with van der Waals surface area (Å²) in [5, 5.41) is 5.48. The van der Waals surface area contributed by atoms with Gasteiger partial charge in [0, 0.05) is 43.0 Å². The molecule has 0 saturated heterocycles. The van der Waals surface area contributed by atoms with Gasteiger partial charge in [-0.15, -0.1) is 0 Å².